The van der Waals surface area contributed by atoms with Crippen LogP contribution < -0.4 is 10.6 Å². The molecule has 1 heterocycles. The van der Waals surface area contributed by atoms with Crippen molar-refractivity contribution in [3.63, 3.8) is 0 Å². The summed E-state index contributed by atoms with van der Waals surface area (Å²) in [4.78, 5) is 6.37. The van der Waals surface area contributed by atoms with E-state index in [1.54, 1.807) is 0 Å². The Kier molecular flexibility index (Phi) is 4.93. The van der Waals surface area contributed by atoms with Gasteiger partial charge in [-0.05, 0) is 48.4 Å². The van der Waals surface area contributed by atoms with Crippen LogP contribution in [0.3, 0.4) is 0 Å². The summed E-state index contributed by atoms with van der Waals surface area (Å²) >= 11 is 3.54. The molecule has 100 valence electrons. The summed E-state index contributed by atoms with van der Waals surface area (Å²) < 4.78 is 1.07. The first kappa shape index (κ1) is 14.0. The van der Waals surface area contributed by atoms with E-state index in [4.69, 9.17) is 5.73 Å². The van der Waals surface area contributed by atoms with Gasteiger partial charge in [0.2, 0.25) is 0 Å². The number of hydrogen-bond acceptors (Lipinski definition) is 3. The lowest BCUT2D eigenvalue weighted by atomic mass is 10.1. The maximum absolute atomic E-state index is 5.73. The predicted octanol–water partition coefficient (Wildman–Crippen LogP) is 3.33. The maximum Gasteiger partial charge on any atom is 0.0430 e. The molecule has 0 radical (unpaired) electrons. The second-order valence-corrected chi connectivity index (χ2v) is 5.31. The highest BCUT2D eigenvalue weighted by Crippen LogP contribution is 2.24. The van der Waals surface area contributed by atoms with Crippen LogP contribution in [0.5, 0.6) is 0 Å². The predicted molar refractivity (Wildman–Crippen MR) is 83.0 cm³/mol. The van der Waals surface area contributed by atoms with Gasteiger partial charge >= 0.3 is 0 Å². The summed E-state index contributed by atoms with van der Waals surface area (Å²) in [6, 6.07) is 10.4. The van der Waals surface area contributed by atoms with Crippen molar-refractivity contribution >= 4 is 21.6 Å². The van der Waals surface area contributed by atoms with E-state index in [0.717, 1.165) is 23.1 Å². The SMILES string of the molecule is CCN(Cc1ccncc1)c1cc(Br)cc(CN)c1. The van der Waals surface area contributed by atoms with Gasteiger partial charge in [0.1, 0.15) is 0 Å². The van der Waals surface area contributed by atoms with Gasteiger partial charge in [-0.3, -0.25) is 4.98 Å². The minimum absolute atomic E-state index is 0.555. The van der Waals surface area contributed by atoms with Crippen LogP contribution in [0.25, 0.3) is 0 Å². The first-order valence-corrected chi connectivity index (χ1v) is 7.15. The zero-order chi connectivity index (χ0) is 13.7. The lowest BCUT2D eigenvalue weighted by Gasteiger charge is -2.24. The molecule has 0 aliphatic heterocycles. The lowest BCUT2D eigenvalue weighted by Crippen LogP contribution is -2.22. The number of hydrogen-bond donors (Lipinski definition) is 1. The maximum atomic E-state index is 5.73. The molecule has 2 rings (SSSR count). The summed E-state index contributed by atoms with van der Waals surface area (Å²) in [6.07, 6.45) is 3.66. The minimum atomic E-state index is 0.555. The van der Waals surface area contributed by atoms with E-state index < -0.39 is 0 Å². The molecule has 0 atom stereocenters. The van der Waals surface area contributed by atoms with Crippen LogP contribution >= 0.6 is 15.9 Å². The molecule has 2 aromatic rings. The van der Waals surface area contributed by atoms with Crippen molar-refractivity contribution in [1.29, 1.82) is 0 Å². The summed E-state index contributed by atoms with van der Waals surface area (Å²) in [7, 11) is 0. The third-order valence-electron chi connectivity index (χ3n) is 3.05. The Balaban J connectivity index is 2.24. The van der Waals surface area contributed by atoms with Gasteiger partial charge in [0, 0.05) is 42.2 Å². The molecule has 0 amide bonds. The zero-order valence-corrected chi connectivity index (χ0v) is 12.6. The van der Waals surface area contributed by atoms with Crippen molar-refractivity contribution in [3.05, 3.63) is 58.3 Å². The van der Waals surface area contributed by atoms with Crippen LogP contribution in [0, 0.1) is 0 Å². The molecule has 4 heteroatoms. The van der Waals surface area contributed by atoms with Crippen molar-refractivity contribution in [1.82, 2.24) is 4.98 Å². The second-order valence-electron chi connectivity index (χ2n) is 4.39. The molecule has 0 aliphatic carbocycles. The molecule has 2 N–H and O–H groups in total. The third-order valence-corrected chi connectivity index (χ3v) is 3.51. The second kappa shape index (κ2) is 6.68. The van der Waals surface area contributed by atoms with E-state index in [1.807, 2.05) is 24.5 Å². The summed E-state index contributed by atoms with van der Waals surface area (Å²) in [6.45, 7) is 4.53. The van der Waals surface area contributed by atoms with Crippen LogP contribution in [-0.4, -0.2) is 11.5 Å². The Bertz CT molecular complexity index is 528. The summed E-state index contributed by atoms with van der Waals surface area (Å²) in [5.74, 6) is 0. The van der Waals surface area contributed by atoms with Crippen molar-refractivity contribution in [2.75, 3.05) is 11.4 Å². The molecule has 0 aliphatic rings. The molecular formula is C15H18BrN3. The van der Waals surface area contributed by atoms with Crippen molar-refractivity contribution in [2.45, 2.75) is 20.0 Å². The standard InChI is InChI=1S/C15H18BrN3/c1-2-19(11-12-3-5-18-6-4-12)15-8-13(10-17)7-14(16)9-15/h3-9H,2,10-11,17H2,1H3. The number of rotatable bonds is 5. The van der Waals surface area contributed by atoms with Gasteiger partial charge in [-0.15, -0.1) is 0 Å². The number of pyridine rings is 1. The number of nitrogens with two attached hydrogens (primary N) is 1. The van der Waals surface area contributed by atoms with Crippen LogP contribution in [0.1, 0.15) is 18.1 Å². The van der Waals surface area contributed by atoms with Crippen LogP contribution in [0.2, 0.25) is 0 Å². The molecule has 3 nitrogen and oxygen atoms in total. The van der Waals surface area contributed by atoms with E-state index in [1.165, 1.54) is 11.3 Å². The molecule has 0 bridgehead atoms. The Morgan fingerprint density at radius 2 is 1.89 bits per heavy atom. The number of anilines is 1. The van der Waals surface area contributed by atoms with Crippen molar-refractivity contribution in [2.24, 2.45) is 5.73 Å². The van der Waals surface area contributed by atoms with Crippen molar-refractivity contribution in [3.8, 4) is 0 Å². The number of halogens is 1. The van der Waals surface area contributed by atoms with E-state index in [-0.39, 0.29) is 0 Å². The van der Waals surface area contributed by atoms with E-state index in [2.05, 4.69) is 50.9 Å². The fraction of sp³-hybridized carbons (Fsp3) is 0.267. The van der Waals surface area contributed by atoms with Gasteiger partial charge in [0.05, 0.1) is 0 Å². The van der Waals surface area contributed by atoms with Gasteiger partial charge in [0.15, 0.2) is 0 Å². The van der Waals surface area contributed by atoms with Crippen LogP contribution in [0.4, 0.5) is 5.69 Å². The topological polar surface area (TPSA) is 42.2 Å². The van der Waals surface area contributed by atoms with Gasteiger partial charge in [-0.1, -0.05) is 15.9 Å². The monoisotopic (exact) mass is 319 g/mol. The lowest BCUT2D eigenvalue weighted by molar-refractivity contribution is 0.828. The largest absolute Gasteiger partial charge is 0.367 e. The zero-order valence-electron chi connectivity index (χ0n) is 11.0. The van der Waals surface area contributed by atoms with Crippen LogP contribution in [-0.2, 0) is 13.1 Å². The highest BCUT2D eigenvalue weighted by molar-refractivity contribution is 9.10. The molecule has 0 saturated carbocycles. The number of nitrogens with zero attached hydrogens (tertiary/aromatic N) is 2. The number of aromatic nitrogens is 1. The fourth-order valence-electron chi connectivity index (χ4n) is 2.03. The van der Waals surface area contributed by atoms with Crippen LogP contribution in [0.15, 0.2) is 47.2 Å². The molecule has 0 fully saturated rings. The molecule has 1 aromatic heterocycles. The smallest absolute Gasteiger partial charge is 0.0430 e. The molecular weight excluding hydrogens is 302 g/mol. The molecule has 1 aromatic carbocycles. The first-order valence-electron chi connectivity index (χ1n) is 6.36. The average molecular weight is 320 g/mol. The average Bonchev–Trinajstić information content (AvgIpc) is 2.45. The van der Waals surface area contributed by atoms with E-state index in [9.17, 15) is 0 Å². The van der Waals surface area contributed by atoms with Gasteiger partial charge in [-0.2, -0.15) is 0 Å². The van der Waals surface area contributed by atoms with Gasteiger partial charge < -0.3 is 10.6 Å². The first-order chi connectivity index (χ1) is 9.22. The van der Waals surface area contributed by atoms with E-state index in [0.29, 0.717) is 6.54 Å². The Hall–Kier alpha value is -1.39. The minimum Gasteiger partial charge on any atom is -0.367 e. The van der Waals surface area contributed by atoms with Crippen molar-refractivity contribution < 1.29 is 0 Å². The number of benzene rings is 1. The fourth-order valence-corrected chi connectivity index (χ4v) is 2.56. The molecule has 19 heavy (non-hydrogen) atoms. The summed E-state index contributed by atoms with van der Waals surface area (Å²) in [5, 5.41) is 0. The molecule has 0 saturated heterocycles. The van der Waals surface area contributed by atoms with Gasteiger partial charge in [0.25, 0.3) is 0 Å². The Labute approximate surface area is 122 Å². The summed E-state index contributed by atoms with van der Waals surface area (Å²) in [5.41, 5.74) is 9.32. The Morgan fingerprint density at radius 1 is 1.16 bits per heavy atom. The highest BCUT2D eigenvalue weighted by atomic mass is 79.9. The van der Waals surface area contributed by atoms with E-state index >= 15 is 0 Å². The normalized spacial score (nSPS) is 10.5. The molecule has 0 unspecified atom stereocenters. The molecule has 0 spiro atoms. The quantitative estimate of drug-likeness (QED) is 0.919. The third kappa shape index (κ3) is 3.78. The van der Waals surface area contributed by atoms with Gasteiger partial charge in [-0.25, -0.2) is 0 Å². The Morgan fingerprint density at radius 3 is 2.53 bits per heavy atom. The highest BCUT2D eigenvalue weighted by Gasteiger charge is 2.07.